The van der Waals surface area contributed by atoms with E-state index in [-0.39, 0.29) is 17.9 Å². The lowest BCUT2D eigenvalue weighted by Crippen LogP contribution is -2.37. The van der Waals surface area contributed by atoms with Gasteiger partial charge in [0.1, 0.15) is 0 Å². The first kappa shape index (κ1) is 17.8. The molecule has 0 bridgehead atoms. The number of esters is 1. The normalized spacial score (nSPS) is 13.4. The van der Waals surface area contributed by atoms with Gasteiger partial charge < -0.3 is 10.1 Å². The number of benzene rings is 1. The maximum absolute atomic E-state index is 12.0. The van der Waals surface area contributed by atoms with Gasteiger partial charge in [0.25, 0.3) is 5.91 Å². The number of halogens is 2. The van der Waals surface area contributed by atoms with Crippen LogP contribution in [0.3, 0.4) is 0 Å². The number of amides is 1. The third-order valence-corrected chi connectivity index (χ3v) is 3.48. The van der Waals surface area contributed by atoms with E-state index in [4.69, 9.17) is 27.9 Å². The topological polar surface area (TPSA) is 55.4 Å². The fourth-order valence-electron chi connectivity index (χ4n) is 1.77. The fourth-order valence-corrected chi connectivity index (χ4v) is 2.35. The van der Waals surface area contributed by atoms with Gasteiger partial charge in [-0.25, -0.2) is 0 Å². The van der Waals surface area contributed by atoms with Gasteiger partial charge >= 0.3 is 5.97 Å². The lowest BCUT2D eigenvalue weighted by atomic mass is 10.1. The predicted octanol–water partition coefficient (Wildman–Crippen LogP) is 3.90. The van der Waals surface area contributed by atoms with Crippen LogP contribution in [0.1, 0.15) is 45.2 Å². The molecule has 0 spiro atoms. The summed E-state index contributed by atoms with van der Waals surface area (Å²) in [7, 11) is 0. The summed E-state index contributed by atoms with van der Waals surface area (Å²) in [5.74, 6) is -0.740. The van der Waals surface area contributed by atoms with E-state index in [2.05, 4.69) is 5.32 Å². The number of ether oxygens (including phenoxy) is 1. The van der Waals surface area contributed by atoms with Crippen molar-refractivity contribution in [1.82, 2.24) is 5.32 Å². The third kappa shape index (κ3) is 5.56. The van der Waals surface area contributed by atoms with E-state index in [0.717, 1.165) is 5.56 Å². The summed E-state index contributed by atoms with van der Waals surface area (Å²) in [5, 5.41) is 3.77. The quantitative estimate of drug-likeness (QED) is 0.804. The Hall–Kier alpha value is -1.26. The van der Waals surface area contributed by atoms with Gasteiger partial charge in [-0.15, -0.1) is 0 Å². The molecule has 1 N–H and O–H groups in total. The van der Waals surface area contributed by atoms with Crippen LogP contribution in [0.25, 0.3) is 0 Å². The molecule has 0 aliphatic rings. The van der Waals surface area contributed by atoms with Crippen LogP contribution in [0.4, 0.5) is 0 Å². The Morgan fingerprint density at radius 1 is 1.29 bits per heavy atom. The molecule has 0 aliphatic carbocycles. The summed E-state index contributed by atoms with van der Waals surface area (Å²) in [4.78, 5) is 23.4. The Morgan fingerprint density at radius 3 is 2.52 bits per heavy atom. The molecule has 1 aromatic carbocycles. The minimum Gasteiger partial charge on any atom is -0.453 e. The lowest BCUT2D eigenvalue weighted by Gasteiger charge is -2.19. The van der Waals surface area contributed by atoms with E-state index >= 15 is 0 Å². The van der Waals surface area contributed by atoms with Gasteiger partial charge in [-0.3, -0.25) is 9.59 Å². The van der Waals surface area contributed by atoms with Crippen molar-refractivity contribution in [1.29, 1.82) is 0 Å². The largest absolute Gasteiger partial charge is 0.453 e. The Morgan fingerprint density at radius 2 is 1.95 bits per heavy atom. The van der Waals surface area contributed by atoms with Gasteiger partial charge in [0.15, 0.2) is 6.10 Å². The van der Waals surface area contributed by atoms with Gasteiger partial charge in [-0.1, -0.05) is 36.2 Å². The molecule has 116 valence electrons. The number of rotatable bonds is 6. The molecular formula is C15H19Cl2NO3. The first-order valence-electron chi connectivity index (χ1n) is 6.80. The lowest BCUT2D eigenvalue weighted by molar-refractivity contribution is -0.155. The molecule has 0 saturated heterocycles. The molecule has 1 aromatic rings. The maximum atomic E-state index is 12.0. The number of hydrogen-bond donors (Lipinski definition) is 1. The predicted molar refractivity (Wildman–Crippen MR) is 83.5 cm³/mol. The van der Waals surface area contributed by atoms with Crippen molar-refractivity contribution in [3.8, 4) is 0 Å². The van der Waals surface area contributed by atoms with Gasteiger partial charge in [0, 0.05) is 16.5 Å². The molecule has 0 fully saturated rings. The number of carbonyl (C=O) groups excluding carboxylic acids is 2. The summed E-state index contributed by atoms with van der Waals surface area (Å²) in [6.45, 7) is 5.21. The standard InChI is InChI=1S/C15H19Cl2NO3/c1-4-5-14(19)21-10(3)15(20)18-9(2)12-7-6-11(16)8-13(12)17/h6-10H,4-5H2,1-3H3,(H,18,20)/t9-,10-/m1/s1. The second-order valence-electron chi connectivity index (χ2n) is 4.78. The van der Waals surface area contributed by atoms with Crippen LogP contribution in [0.5, 0.6) is 0 Å². The van der Waals surface area contributed by atoms with Crippen molar-refractivity contribution in [3.05, 3.63) is 33.8 Å². The zero-order chi connectivity index (χ0) is 16.0. The summed E-state index contributed by atoms with van der Waals surface area (Å²) in [5.41, 5.74) is 0.751. The summed E-state index contributed by atoms with van der Waals surface area (Å²) in [6.07, 6.45) is 0.151. The first-order chi connectivity index (χ1) is 9.85. The van der Waals surface area contributed by atoms with E-state index in [1.54, 1.807) is 32.0 Å². The highest BCUT2D eigenvalue weighted by Crippen LogP contribution is 2.26. The van der Waals surface area contributed by atoms with Crippen LogP contribution >= 0.6 is 23.2 Å². The van der Waals surface area contributed by atoms with Crippen molar-refractivity contribution in [2.45, 2.75) is 45.8 Å². The molecule has 2 atom stereocenters. The Bertz CT molecular complexity index is 520. The molecule has 0 unspecified atom stereocenters. The summed E-state index contributed by atoms with van der Waals surface area (Å²) in [6, 6.07) is 4.76. The zero-order valence-corrected chi connectivity index (χ0v) is 13.8. The highest BCUT2D eigenvalue weighted by molar-refractivity contribution is 6.35. The molecule has 0 heterocycles. The Labute approximate surface area is 134 Å². The van der Waals surface area contributed by atoms with Crippen molar-refractivity contribution >= 4 is 35.1 Å². The molecule has 0 saturated carbocycles. The zero-order valence-electron chi connectivity index (χ0n) is 12.3. The average molecular weight is 332 g/mol. The van der Waals surface area contributed by atoms with Gasteiger partial charge in [0.2, 0.25) is 0 Å². The van der Waals surface area contributed by atoms with Crippen LogP contribution in [-0.4, -0.2) is 18.0 Å². The van der Waals surface area contributed by atoms with Crippen molar-refractivity contribution < 1.29 is 14.3 Å². The molecule has 6 heteroatoms. The highest BCUT2D eigenvalue weighted by Gasteiger charge is 2.20. The van der Waals surface area contributed by atoms with E-state index in [1.807, 2.05) is 6.92 Å². The fraction of sp³-hybridized carbons (Fsp3) is 0.467. The molecule has 4 nitrogen and oxygen atoms in total. The van der Waals surface area contributed by atoms with Crippen LogP contribution in [0.2, 0.25) is 10.0 Å². The Balaban J connectivity index is 2.63. The molecule has 21 heavy (non-hydrogen) atoms. The first-order valence-corrected chi connectivity index (χ1v) is 7.55. The van der Waals surface area contributed by atoms with Crippen LogP contribution in [-0.2, 0) is 14.3 Å². The number of hydrogen-bond acceptors (Lipinski definition) is 3. The molecule has 0 aliphatic heterocycles. The third-order valence-electron chi connectivity index (χ3n) is 2.92. The van der Waals surface area contributed by atoms with Gasteiger partial charge in [-0.05, 0) is 38.0 Å². The Kier molecular flexibility index (Phi) is 6.99. The van der Waals surface area contributed by atoms with Gasteiger partial charge in [0.05, 0.1) is 6.04 Å². The SMILES string of the molecule is CCCC(=O)O[C@H](C)C(=O)N[C@H](C)c1ccc(Cl)cc1Cl. The van der Waals surface area contributed by atoms with Crippen LogP contribution in [0, 0.1) is 0 Å². The van der Waals surface area contributed by atoms with Crippen molar-refractivity contribution in [2.75, 3.05) is 0 Å². The average Bonchev–Trinajstić information content (AvgIpc) is 2.38. The van der Waals surface area contributed by atoms with E-state index < -0.39 is 6.10 Å². The molecule has 1 rings (SSSR count). The van der Waals surface area contributed by atoms with Crippen molar-refractivity contribution in [2.24, 2.45) is 0 Å². The van der Waals surface area contributed by atoms with Crippen LogP contribution < -0.4 is 5.32 Å². The van der Waals surface area contributed by atoms with Crippen molar-refractivity contribution in [3.63, 3.8) is 0 Å². The second-order valence-corrected chi connectivity index (χ2v) is 5.62. The molecule has 0 aromatic heterocycles. The minimum atomic E-state index is -0.836. The second kappa shape index (κ2) is 8.25. The van der Waals surface area contributed by atoms with E-state index in [1.165, 1.54) is 0 Å². The molecule has 0 radical (unpaired) electrons. The number of carbonyl (C=O) groups is 2. The smallest absolute Gasteiger partial charge is 0.306 e. The van der Waals surface area contributed by atoms with Crippen LogP contribution in [0.15, 0.2) is 18.2 Å². The molecular weight excluding hydrogens is 313 g/mol. The molecule has 1 amide bonds. The minimum absolute atomic E-state index is 0.302. The highest BCUT2D eigenvalue weighted by atomic mass is 35.5. The van der Waals surface area contributed by atoms with E-state index in [0.29, 0.717) is 22.9 Å². The number of nitrogens with one attached hydrogen (secondary N) is 1. The maximum Gasteiger partial charge on any atom is 0.306 e. The van der Waals surface area contributed by atoms with E-state index in [9.17, 15) is 9.59 Å². The summed E-state index contributed by atoms with van der Waals surface area (Å²) >= 11 is 11.9. The monoisotopic (exact) mass is 331 g/mol. The summed E-state index contributed by atoms with van der Waals surface area (Å²) < 4.78 is 5.03. The van der Waals surface area contributed by atoms with Gasteiger partial charge in [-0.2, -0.15) is 0 Å².